The van der Waals surface area contributed by atoms with E-state index in [1.165, 1.54) is 135 Å². The average molecular weight is 539 g/mol. The van der Waals surface area contributed by atoms with Crippen LogP contribution in [-0.4, -0.2) is 23.1 Å². The quantitative estimate of drug-likeness (QED) is 0.0704. The molecule has 0 heterocycles. The summed E-state index contributed by atoms with van der Waals surface area (Å²) in [4.78, 5) is 23.6. The van der Waals surface area contributed by atoms with Gasteiger partial charge in [-0.05, 0) is 19.3 Å². The van der Waals surface area contributed by atoms with Gasteiger partial charge in [0.05, 0.1) is 0 Å². The zero-order valence-corrected chi connectivity index (χ0v) is 25.8. The molecule has 0 aliphatic heterocycles. The van der Waals surface area contributed by atoms with E-state index in [-0.39, 0.29) is 5.97 Å². The summed E-state index contributed by atoms with van der Waals surface area (Å²) in [7, 11) is 0. The van der Waals surface area contributed by atoms with Gasteiger partial charge in [0.25, 0.3) is 0 Å². The fourth-order valence-corrected chi connectivity index (χ4v) is 5.26. The third-order valence-corrected chi connectivity index (χ3v) is 7.85. The molecule has 1 unspecified atom stereocenters. The molecule has 0 spiro atoms. The first-order valence-corrected chi connectivity index (χ1v) is 17.0. The Kier molecular flexibility index (Phi) is 29.6. The summed E-state index contributed by atoms with van der Waals surface area (Å²) < 4.78 is 5.29. The first kappa shape index (κ1) is 36.9. The molecule has 0 fully saturated rings. The third kappa shape index (κ3) is 28.0. The highest BCUT2D eigenvalue weighted by Crippen LogP contribution is 2.16. The number of unbranched alkanes of at least 4 members (excludes halogenated alkanes) is 25. The zero-order valence-electron chi connectivity index (χ0n) is 25.8. The summed E-state index contributed by atoms with van der Waals surface area (Å²) >= 11 is 0. The smallest absolute Gasteiger partial charge is 0.345 e. The standard InChI is InChI=1S/C34H66O4/c1-3-5-7-9-11-13-15-17-19-21-23-25-27-29-31-33(35)38-32(34(36)37)30-28-26-24-22-20-18-16-14-12-10-8-6-4-2/h32H,3-31H2,1-2H3,(H,36,37). The Morgan fingerprint density at radius 2 is 0.763 bits per heavy atom. The van der Waals surface area contributed by atoms with Crippen molar-refractivity contribution in [3.05, 3.63) is 0 Å². The molecule has 0 aromatic rings. The minimum atomic E-state index is -1.00. The molecule has 0 radical (unpaired) electrons. The second kappa shape index (κ2) is 30.5. The Labute approximate surface area is 237 Å². The van der Waals surface area contributed by atoms with Crippen LogP contribution in [0.3, 0.4) is 0 Å². The molecule has 226 valence electrons. The van der Waals surface area contributed by atoms with Gasteiger partial charge in [0, 0.05) is 6.42 Å². The molecule has 0 aromatic carbocycles. The number of hydrogen-bond donors (Lipinski definition) is 1. The van der Waals surface area contributed by atoms with E-state index in [1.54, 1.807) is 0 Å². The summed E-state index contributed by atoms with van der Waals surface area (Å²) in [6, 6.07) is 0. The van der Waals surface area contributed by atoms with Gasteiger partial charge < -0.3 is 9.84 Å². The lowest BCUT2D eigenvalue weighted by molar-refractivity contribution is -0.164. The van der Waals surface area contributed by atoms with Gasteiger partial charge in [-0.3, -0.25) is 4.79 Å². The predicted molar refractivity (Wildman–Crippen MR) is 163 cm³/mol. The molecule has 0 rings (SSSR count). The van der Waals surface area contributed by atoms with Crippen LogP contribution < -0.4 is 0 Å². The number of carbonyl (C=O) groups excluding carboxylic acids is 1. The summed E-state index contributed by atoms with van der Waals surface area (Å²) in [5.74, 6) is -1.34. The van der Waals surface area contributed by atoms with E-state index >= 15 is 0 Å². The maximum Gasteiger partial charge on any atom is 0.345 e. The number of carboxylic acid groups (broad SMARTS) is 1. The molecule has 1 atom stereocenters. The molecular weight excluding hydrogens is 472 g/mol. The zero-order chi connectivity index (χ0) is 27.9. The molecule has 0 bridgehead atoms. The van der Waals surface area contributed by atoms with Crippen LogP contribution in [0.25, 0.3) is 0 Å². The number of esters is 1. The van der Waals surface area contributed by atoms with E-state index in [4.69, 9.17) is 4.74 Å². The first-order chi connectivity index (χ1) is 18.6. The Bertz CT molecular complexity index is 505. The molecule has 0 saturated carbocycles. The molecule has 4 nitrogen and oxygen atoms in total. The number of carboxylic acids is 1. The Morgan fingerprint density at radius 3 is 1.08 bits per heavy atom. The van der Waals surface area contributed by atoms with Crippen LogP contribution in [-0.2, 0) is 14.3 Å². The van der Waals surface area contributed by atoms with Crippen molar-refractivity contribution in [3.63, 3.8) is 0 Å². The lowest BCUT2D eigenvalue weighted by Gasteiger charge is -2.13. The molecule has 0 amide bonds. The number of rotatable bonds is 31. The van der Waals surface area contributed by atoms with E-state index in [9.17, 15) is 14.7 Å². The van der Waals surface area contributed by atoms with Gasteiger partial charge in [0.1, 0.15) is 0 Å². The highest BCUT2D eigenvalue weighted by molar-refractivity contribution is 5.77. The SMILES string of the molecule is CCCCCCCCCCCCCCCCC(=O)OC(CCCCCCCCCCCCCCC)C(=O)O. The molecule has 0 aromatic heterocycles. The predicted octanol–water partition coefficient (Wildman–Crippen LogP) is 11.3. The van der Waals surface area contributed by atoms with Crippen molar-refractivity contribution < 1.29 is 19.4 Å². The maximum atomic E-state index is 12.1. The van der Waals surface area contributed by atoms with Crippen molar-refractivity contribution in [3.8, 4) is 0 Å². The maximum absolute atomic E-state index is 12.1. The second-order valence-electron chi connectivity index (χ2n) is 11.7. The summed E-state index contributed by atoms with van der Waals surface area (Å²) in [5.41, 5.74) is 0. The lowest BCUT2D eigenvalue weighted by Crippen LogP contribution is -2.27. The molecule has 38 heavy (non-hydrogen) atoms. The molecular formula is C34H66O4. The highest BCUT2D eigenvalue weighted by Gasteiger charge is 2.21. The number of aliphatic carboxylic acids is 1. The highest BCUT2D eigenvalue weighted by atomic mass is 16.6. The number of ether oxygens (including phenoxy) is 1. The fraction of sp³-hybridized carbons (Fsp3) is 0.941. The van der Waals surface area contributed by atoms with Gasteiger partial charge in [0.2, 0.25) is 0 Å². The number of hydrogen-bond acceptors (Lipinski definition) is 3. The van der Waals surface area contributed by atoms with Crippen LogP contribution >= 0.6 is 0 Å². The van der Waals surface area contributed by atoms with Crippen molar-refractivity contribution in [1.29, 1.82) is 0 Å². The van der Waals surface area contributed by atoms with E-state index < -0.39 is 12.1 Å². The molecule has 0 aliphatic rings. The summed E-state index contributed by atoms with van der Waals surface area (Å²) in [6.45, 7) is 4.53. The third-order valence-electron chi connectivity index (χ3n) is 7.85. The topological polar surface area (TPSA) is 63.6 Å². The van der Waals surface area contributed by atoms with Crippen molar-refractivity contribution in [1.82, 2.24) is 0 Å². The van der Waals surface area contributed by atoms with E-state index in [0.717, 1.165) is 38.5 Å². The van der Waals surface area contributed by atoms with Crippen LogP contribution in [0.2, 0.25) is 0 Å². The monoisotopic (exact) mass is 538 g/mol. The normalized spacial score (nSPS) is 12.1. The minimum absolute atomic E-state index is 0.342. The van der Waals surface area contributed by atoms with Crippen LogP contribution in [0.1, 0.15) is 200 Å². The molecule has 4 heteroatoms. The van der Waals surface area contributed by atoms with Gasteiger partial charge in [-0.1, -0.05) is 174 Å². The van der Waals surface area contributed by atoms with E-state index in [2.05, 4.69) is 13.8 Å². The molecule has 0 aliphatic carbocycles. The van der Waals surface area contributed by atoms with Crippen molar-refractivity contribution in [2.75, 3.05) is 0 Å². The minimum Gasteiger partial charge on any atom is -0.479 e. The average Bonchev–Trinajstić information content (AvgIpc) is 2.90. The lowest BCUT2D eigenvalue weighted by atomic mass is 10.0. The van der Waals surface area contributed by atoms with Gasteiger partial charge in [0.15, 0.2) is 6.10 Å². The largest absolute Gasteiger partial charge is 0.479 e. The van der Waals surface area contributed by atoms with Crippen LogP contribution in [0, 0.1) is 0 Å². The molecule has 0 saturated heterocycles. The Balaban J connectivity index is 3.54. The van der Waals surface area contributed by atoms with Gasteiger partial charge >= 0.3 is 11.9 Å². The Hall–Kier alpha value is -1.06. The van der Waals surface area contributed by atoms with Crippen molar-refractivity contribution >= 4 is 11.9 Å². The summed E-state index contributed by atoms with van der Waals surface area (Å²) in [5, 5.41) is 9.43. The van der Waals surface area contributed by atoms with Crippen LogP contribution in [0.5, 0.6) is 0 Å². The van der Waals surface area contributed by atoms with Crippen LogP contribution in [0.15, 0.2) is 0 Å². The number of carbonyl (C=O) groups is 2. The van der Waals surface area contributed by atoms with Gasteiger partial charge in [-0.2, -0.15) is 0 Å². The summed E-state index contributed by atoms with van der Waals surface area (Å²) in [6.07, 6.45) is 34.1. The van der Waals surface area contributed by atoms with Crippen molar-refractivity contribution in [2.45, 2.75) is 206 Å². The van der Waals surface area contributed by atoms with Crippen molar-refractivity contribution in [2.24, 2.45) is 0 Å². The second-order valence-corrected chi connectivity index (χ2v) is 11.7. The van der Waals surface area contributed by atoms with Gasteiger partial charge in [-0.15, -0.1) is 0 Å². The molecule has 1 N–H and O–H groups in total. The van der Waals surface area contributed by atoms with E-state index in [1.807, 2.05) is 0 Å². The van der Waals surface area contributed by atoms with Gasteiger partial charge in [-0.25, -0.2) is 4.79 Å². The fourth-order valence-electron chi connectivity index (χ4n) is 5.26. The Morgan fingerprint density at radius 1 is 0.474 bits per heavy atom. The first-order valence-electron chi connectivity index (χ1n) is 17.0. The van der Waals surface area contributed by atoms with Crippen LogP contribution in [0.4, 0.5) is 0 Å². The van der Waals surface area contributed by atoms with E-state index in [0.29, 0.717) is 12.8 Å².